The summed E-state index contributed by atoms with van der Waals surface area (Å²) in [5, 5.41) is 9.33. The van der Waals surface area contributed by atoms with Gasteiger partial charge in [-0.05, 0) is 19.1 Å². The summed E-state index contributed by atoms with van der Waals surface area (Å²) in [7, 11) is 0. The van der Waals surface area contributed by atoms with Gasteiger partial charge in [-0.25, -0.2) is 18.7 Å². The maximum absolute atomic E-state index is 13.7. The molecule has 9 heteroatoms. The average molecular weight is 318 g/mol. The largest absolute Gasteiger partial charge is 0.393 e. The van der Waals surface area contributed by atoms with Crippen LogP contribution in [0.5, 0.6) is 0 Å². The summed E-state index contributed by atoms with van der Waals surface area (Å²) in [5.41, 5.74) is 6.15. The SMILES string of the molecule is Cc1cc(Nc2ncnc(Nc3ccc(F)cc3F)c2N)no1. The van der Waals surface area contributed by atoms with Crippen LogP contribution in [-0.4, -0.2) is 15.1 Å². The summed E-state index contributed by atoms with van der Waals surface area (Å²) in [6.07, 6.45) is 1.25. The predicted octanol–water partition coefficient (Wildman–Crippen LogP) is 3.12. The van der Waals surface area contributed by atoms with E-state index in [4.69, 9.17) is 10.3 Å². The summed E-state index contributed by atoms with van der Waals surface area (Å²) in [5.74, 6) is 0.0577. The number of nitrogens with two attached hydrogens (primary N) is 1. The minimum atomic E-state index is -0.760. The van der Waals surface area contributed by atoms with Crippen LogP contribution in [0.4, 0.5) is 37.6 Å². The quantitative estimate of drug-likeness (QED) is 0.679. The van der Waals surface area contributed by atoms with E-state index in [1.54, 1.807) is 13.0 Å². The van der Waals surface area contributed by atoms with Gasteiger partial charge in [0.05, 0.1) is 5.69 Å². The molecular weight excluding hydrogens is 306 g/mol. The van der Waals surface area contributed by atoms with Crippen molar-refractivity contribution in [3.63, 3.8) is 0 Å². The number of hydrogen-bond acceptors (Lipinski definition) is 7. The molecule has 0 radical (unpaired) electrons. The summed E-state index contributed by atoms with van der Waals surface area (Å²) >= 11 is 0. The molecule has 0 bridgehead atoms. The molecule has 0 spiro atoms. The molecule has 0 aliphatic carbocycles. The Morgan fingerprint density at radius 1 is 1.09 bits per heavy atom. The van der Waals surface area contributed by atoms with Gasteiger partial charge in [-0.2, -0.15) is 0 Å². The minimum absolute atomic E-state index is 0.0417. The molecule has 0 saturated carbocycles. The number of aromatic nitrogens is 3. The molecular formula is C14H12F2N6O. The van der Waals surface area contributed by atoms with Crippen molar-refractivity contribution in [1.29, 1.82) is 0 Å². The second kappa shape index (κ2) is 5.87. The third-order valence-corrected chi connectivity index (χ3v) is 2.94. The van der Waals surface area contributed by atoms with Crippen LogP contribution in [0.25, 0.3) is 0 Å². The van der Waals surface area contributed by atoms with Crippen molar-refractivity contribution >= 4 is 28.8 Å². The van der Waals surface area contributed by atoms with Crippen LogP contribution in [0.3, 0.4) is 0 Å². The first-order chi connectivity index (χ1) is 11.0. The van der Waals surface area contributed by atoms with Crippen molar-refractivity contribution in [1.82, 2.24) is 15.1 Å². The van der Waals surface area contributed by atoms with E-state index in [1.807, 2.05) is 0 Å². The van der Waals surface area contributed by atoms with Gasteiger partial charge in [-0.1, -0.05) is 5.16 Å². The lowest BCUT2D eigenvalue weighted by atomic mass is 10.3. The van der Waals surface area contributed by atoms with Gasteiger partial charge in [0.25, 0.3) is 0 Å². The number of aryl methyl sites for hydroxylation is 1. The monoisotopic (exact) mass is 318 g/mol. The highest BCUT2D eigenvalue weighted by atomic mass is 19.1. The highest BCUT2D eigenvalue weighted by molar-refractivity contribution is 5.79. The summed E-state index contributed by atoms with van der Waals surface area (Å²) < 4.78 is 31.6. The number of nitrogens with one attached hydrogen (secondary N) is 2. The normalized spacial score (nSPS) is 10.6. The van der Waals surface area contributed by atoms with Gasteiger partial charge in [0, 0.05) is 12.1 Å². The Labute approximate surface area is 129 Å². The Morgan fingerprint density at radius 2 is 1.83 bits per heavy atom. The van der Waals surface area contributed by atoms with E-state index < -0.39 is 11.6 Å². The van der Waals surface area contributed by atoms with Crippen molar-refractivity contribution in [2.75, 3.05) is 16.4 Å². The van der Waals surface area contributed by atoms with E-state index in [9.17, 15) is 8.78 Å². The molecule has 118 valence electrons. The van der Waals surface area contributed by atoms with Gasteiger partial charge in [0.2, 0.25) is 0 Å². The zero-order chi connectivity index (χ0) is 16.4. The lowest BCUT2D eigenvalue weighted by molar-refractivity contribution is 0.400. The molecule has 0 aliphatic heterocycles. The van der Waals surface area contributed by atoms with Crippen LogP contribution in [-0.2, 0) is 0 Å². The molecule has 3 aromatic rings. The van der Waals surface area contributed by atoms with Gasteiger partial charge >= 0.3 is 0 Å². The number of nitrogen functional groups attached to an aromatic ring is 1. The molecule has 3 rings (SSSR count). The Bertz CT molecular complexity index is 851. The standard InChI is InChI=1S/C14H12F2N6O/c1-7-4-11(22-23-7)21-14-12(17)13(18-6-19-14)20-10-3-2-8(15)5-9(10)16/h2-6H,17H2,1H3,(H2,18,19,20,21,22). The number of benzene rings is 1. The zero-order valence-corrected chi connectivity index (χ0v) is 12.0. The molecule has 0 unspecified atom stereocenters. The fraction of sp³-hybridized carbons (Fsp3) is 0.0714. The molecule has 0 saturated heterocycles. The van der Waals surface area contributed by atoms with Crippen molar-refractivity contribution < 1.29 is 13.3 Å². The first-order valence-electron chi connectivity index (χ1n) is 6.56. The second-order valence-corrected chi connectivity index (χ2v) is 4.68. The van der Waals surface area contributed by atoms with E-state index >= 15 is 0 Å². The Morgan fingerprint density at radius 3 is 2.48 bits per heavy atom. The van der Waals surface area contributed by atoms with Crippen molar-refractivity contribution in [2.24, 2.45) is 0 Å². The van der Waals surface area contributed by atoms with Gasteiger partial charge in [0.1, 0.15) is 29.4 Å². The van der Waals surface area contributed by atoms with Crippen LogP contribution in [0.2, 0.25) is 0 Å². The highest BCUT2D eigenvalue weighted by Crippen LogP contribution is 2.28. The smallest absolute Gasteiger partial charge is 0.175 e. The predicted molar refractivity (Wildman–Crippen MR) is 80.6 cm³/mol. The first kappa shape index (κ1) is 14.7. The topological polar surface area (TPSA) is 102 Å². The Hall–Kier alpha value is -3.23. The van der Waals surface area contributed by atoms with Crippen molar-refractivity contribution in [3.05, 3.63) is 48.0 Å². The third kappa shape index (κ3) is 3.18. The Kier molecular flexibility index (Phi) is 3.75. The number of anilines is 5. The van der Waals surface area contributed by atoms with Crippen LogP contribution in [0.15, 0.2) is 35.1 Å². The fourth-order valence-electron chi connectivity index (χ4n) is 1.86. The van der Waals surface area contributed by atoms with Gasteiger partial charge in [0.15, 0.2) is 17.5 Å². The van der Waals surface area contributed by atoms with E-state index in [2.05, 4.69) is 25.8 Å². The van der Waals surface area contributed by atoms with Crippen LogP contribution >= 0.6 is 0 Å². The molecule has 1 aromatic carbocycles. The second-order valence-electron chi connectivity index (χ2n) is 4.68. The molecule has 2 heterocycles. The summed E-state index contributed by atoms with van der Waals surface area (Å²) in [4.78, 5) is 7.95. The lowest BCUT2D eigenvalue weighted by Crippen LogP contribution is -2.06. The minimum Gasteiger partial charge on any atom is -0.393 e. The van der Waals surface area contributed by atoms with E-state index in [-0.39, 0.29) is 23.0 Å². The molecule has 23 heavy (non-hydrogen) atoms. The summed E-state index contributed by atoms with van der Waals surface area (Å²) in [6, 6.07) is 4.80. The van der Waals surface area contributed by atoms with Gasteiger partial charge < -0.3 is 20.9 Å². The first-order valence-corrected chi connectivity index (χ1v) is 6.56. The molecule has 2 aromatic heterocycles. The van der Waals surface area contributed by atoms with Gasteiger partial charge in [-0.3, -0.25) is 0 Å². The highest BCUT2D eigenvalue weighted by Gasteiger charge is 2.12. The number of hydrogen-bond donors (Lipinski definition) is 3. The molecule has 4 N–H and O–H groups in total. The van der Waals surface area contributed by atoms with Gasteiger partial charge in [-0.15, -0.1) is 0 Å². The third-order valence-electron chi connectivity index (χ3n) is 2.94. The van der Waals surface area contributed by atoms with Crippen molar-refractivity contribution in [2.45, 2.75) is 6.92 Å². The van der Waals surface area contributed by atoms with Crippen LogP contribution in [0, 0.1) is 18.6 Å². The molecule has 7 nitrogen and oxygen atoms in total. The maximum Gasteiger partial charge on any atom is 0.175 e. The summed E-state index contributed by atoms with van der Waals surface area (Å²) in [6.45, 7) is 1.74. The number of halogens is 2. The van der Waals surface area contributed by atoms with E-state index in [0.717, 1.165) is 12.1 Å². The van der Waals surface area contributed by atoms with Crippen LogP contribution in [0.1, 0.15) is 5.76 Å². The molecule has 0 amide bonds. The Balaban J connectivity index is 1.87. The maximum atomic E-state index is 13.7. The fourth-order valence-corrected chi connectivity index (χ4v) is 1.86. The van der Waals surface area contributed by atoms with Crippen molar-refractivity contribution in [3.8, 4) is 0 Å². The van der Waals surface area contributed by atoms with Crippen LogP contribution < -0.4 is 16.4 Å². The molecule has 0 atom stereocenters. The molecule has 0 aliphatic rings. The number of rotatable bonds is 4. The molecule has 0 fully saturated rings. The van der Waals surface area contributed by atoms with E-state index in [0.29, 0.717) is 11.6 Å². The zero-order valence-electron chi connectivity index (χ0n) is 12.0. The number of nitrogens with zero attached hydrogens (tertiary/aromatic N) is 3. The van der Waals surface area contributed by atoms with E-state index in [1.165, 1.54) is 12.4 Å². The lowest BCUT2D eigenvalue weighted by Gasteiger charge is -2.11. The average Bonchev–Trinajstić information content (AvgIpc) is 2.91.